The lowest BCUT2D eigenvalue weighted by atomic mass is 10.1. The Balaban J connectivity index is 0.000000195. The molecule has 2 aromatic carbocycles. The predicted octanol–water partition coefficient (Wildman–Crippen LogP) is 6.82. The molecule has 4 aromatic heterocycles. The summed E-state index contributed by atoms with van der Waals surface area (Å²) >= 11 is 0. The molecule has 8 rings (SSSR count). The van der Waals surface area contributed by atoms with Gasteiger partial charge >= 0.3 is 0 Å². The largest absolute Gasteiger partial charge is 0.489 e. The minimum Gasteiger partial charge on any atom is -0.489 e. The Morgan fingerprint density at radius 1 is 0.692 bits per heavy atom. The number of hydrogen-bond donors (Lipinski definition) is 1. The van der Waals surface area contributed by atoms with Crippen molar-refractivity contribution in [3.05, 3.63) is 143 Å². The Morgan fingerprint density at radius 3 is 1.58 bits per heavy atom. The molecule has 15 heteroatoms. The molecule has 0 unspecified atom stereocenters. The van der Waals surface area contributed by atoms with E-state index in [9.17, 15) is 15.3 Å². The van der Waals surface area contributed by atoms with Gasteiger partial charge in [0.25, 0.3) is 0 Å². The molecule has 6 heterocycles. The molecule has 65 heavy (non-hydrogen) atoms. The maximum Gasteiger partial charge on any atom is 0.219 e. The van der Waals surface area contributed by atoms with E-state index in [1.165, 1.54) is 6.92 Å². The summed E-state index contributed by atoms with van der Waals surface area (Å²) in [5.41, 5.74) is 8.05. The van der Waals surface area contributed by atoms with Crippen LogP contribution in [0, 0.1) is 22.7 Å². The van der Waals surface area contributed by atoms with Crippen molar-refractivity contribution in [3.63, 3.8) is 0 Å². The van der Waals surface area contributed by atoms with Gasteiger partial charge in [-0.1, -0.05) is 12.1 Å². The van der Waals surface area contributed by atoms with Crippen LogP contribution >= 0.6 is 0 Å². The number of amides is 1. The fraction of sp³-hybridized carbons (Fsp3) is 0.340. The van der Waals surface area contributed by atoms with Crippen LogP contribution in [0.25, 0.3) is 22.5 Å². The summed E-state index contributed by atoms with van der Waals surface area (Å²) in [6.07, 6.45) is 11.7. The first-order chi connectivity index (χ1) is 31.8. The van der Waals surface area contributed by atoms with Gasteiger partial charge in [-0.25, -0.2) is 19.9 Å². The van der Waals surface area contributed by atoms with Crippen molar-refractivity contribution in [2.75, 3.05) is 40.5 Å². The summed E-state index contributed by atoms with van der Waals surface area (Å²) in [5, 5.41) is 22.4. The molecule has 332 valence electrons. The van der Waals surface area contributed by atoms with Crippen LogP contribution in [-0.4, -0.2) is 93.4 Å². The molecular weight excluding hydrogens is 821 g/mol. The zero-order valence-electron chi connectivity index (χ0n) is 36.9. The fourth-order valence-electron chi connectivity index (χ4n) is 7.21. The van der Waals surface area contributed by atoms with Gasteiger partial charge in [0.1, 0.15) is 47.5 Å². The van der Waals surface area contributed by atoms with E-state index in [0.29, 0.717) is 80.1 Å². The van der Waals surface area contributed by atoms with Crippen molar-refractivity contribution in [2.24, 2.45) is 0 Å². The molecule has 0 radical (unpaired) electrons. The number of carbonyl (C=O) groups is 1. The molecule has 2 fully saturated rings. The summed E-state index contributed by atoms with van der Waals surface area (Å²) in [7, 11) is 3.65. The SMILES string of the molecule is CC(=O)N(C)Cc1ccc(Cc2nccc(-c3ccc(OC4CCOCC4)c(C#N)c3)n2)cn1.CNCc1ccc(Cc2nccc(-c3ccc(OC4CCOCC4)c(C#N)c3)n2)cn1. The molecule has 0 atom stereocenters. The zero-order valence-corrected chi connectivity index (χ0v) is 36.9. The Morgan fingerprint density at radius 2 is 1.17 bits per heavy atom. The van der Waals surface area contributed by atoms with Crippen LogP contribution in [0.2, 0.25) is 0 Å². The number of hydrogen-bond acceptors (Lipinski definition) is 14. The molecule has 0 saturated carbocycles. The van der Waals surface area contributed by atoms with E-state index < -0.39 is 0 Å². The Labute approximate surface area is 379 Å². The number of pyridine rings is 2. The molecule has 6 aromatic rings. The third-order valence-corrected chi connectivity index (χ3v) is 10.9. The maximum atomic E-state index is 11.4. The molecule has 0 bridgehead atoms. The van der Waals surface area contributed by atoms with Crippen LogP contribution in [0.5, 0.6) is 11.5 Å². The standard InChI is InChI=1S/C26H27N5O3.C24H25N5O2/c1-18(32)31(2)17-22-5-3-19(16-29-22)13-26-28-10-7-24(30-26)20-4-6-25(21(14-20)15-27)34-23-8-11-33-12-9-23;1-26-16-20-4-2-17(15-28-20)12-24-27-9-6-22(29-24)18-3-5-23(19(13-18)14-25)31-21-7-10-30-11-8-21/h3-7,10,14,16,23H,8-9,11-13,17H2,1-2H3;2-6,9,13,15,21,26H,7-8,10-12,16H2,1H3. The first-order valence-corrected chi connectivity index (χ1v) is 21.7. The van der Waals surface area contributed by atoms with Crippen molar-refractivity contribution >= 4 is 5.91 Å². The third kappa shape index (κ3) is 13.2. The molecule has 1 N–H and O–H groups in total. The Kier molecular flexibility index (Phi) is 16.2. The topological polar surface area (TPSA) is 194 Å². The minimum atomic E-state index is -0.00108. The average molecular weight is 873 g/mol. The number of nitrogens with zero attached hydrogens (tertiary/aromatic N) is 9. The van der Waals surface area contributed by atoms with Gasteiger partial charge in [0.2, 0.25) is 5.91 Å². The van der Waals surface area contributed by atoms with Gasteiger partial charge < -0.3 is 29.2 Å². The molecule has 1 amide bonds. The molecule has 2 saturated heterocycles. The number of carbonyl (C=O) groups excluding carboxylic acids is 1. The summed E-state index contributed by atoms with van der Waals surface area (Å²) in [5.74, 6) is 2.57. The van der Waals surface area contributed by atoms with Crippen molar-refractivity contribution in [3.8, 4) is 46.2 Å². The molecule has 15 nitrogen and oxygen atoms in total. The van der Waals surface area contributed by atoms with Crippen LogP contribution in [0.1, 0.15) is 77.9 Å². The van der Waals surface area contributed by atoms with Crippen LogP contribution in [0.4, 0.5) is 0 Å². The molecule has 2 aliphatic heterocycles. The van der Waals surface area contributed by atoms with Crippen molar-refractivity contribution < 1.29 is 23.7 Å². The Hall–Kier alpha value is -7.17. The van der Waals surface area contributed by atoms with E-state index in [1.807, 2.05) is 86.0 Å². The highest BCUT2D eigenvalue weighted by Crippen LogP contribution is 2.29. The summed E-state index contributed by atoms with van der Waals surface area (Å²) in [4.78, 5) is 40.1. The maximum absolute atomic E-state index is 11.4. The third-order valence-electron chi connectivity index (χ3n) is 10.9. The van der Waals surface area contributed by atoms with E-state index in [1.54, 1.807) is 30.5 Å². The summed E-state index contributed by atoms with van der Waals surface area (Å²) in [6, 6.07) is 27.3. The summed E-state index contributed by atoms with van der Waals surface area (Å²) in [6.45, 7) is 5.50. The van der Waals surface area contributed by atoms with Gasteiger partial charge in [0.05, 0.1) is 66.9 Å². The second kappa shape index (κ2) is 23.0. The van der Waals surface area contributed by atoms with E-state index in [4.69, 9.17) is 28.9 Å². The van der Waals surface area contributed by atoms with Crippen molar-refractivity contribution in [1.82, 2.24) is 40.1 Å². The fourth-order valence-corrected chi connectivity index (χ4v) is 7.21. The smallest absolute Gasteiger partial charge is 0.219 e. The van der Waals surface area contributed by atoms with Crippen molar-refractivity contribution in [2.45, 2.75) is 70.7 Å². The number of aromatic nitrogens is 6. The molecule has 2 aliphatic rings. The van der Waals surface area contributed by atoms with Crippen LogP contribution in [0.3, 0.4) is 0 Å². The second-order valence-corrected chi connectivity index (χ2v) is 15.8. The zero-order chi connectivity index (χ0) is 45.4. The first kappa shape index (κ1) is 45.8. The monoisotopic (exact) mass is 872 g/mol. The first-order valence-electron chi connectivity index (χ1n) is 21.7. The van der Waals surface area contributed by atoms with Gasteiger partial charge in [-0.3, -0.25) is 14.8 Å². The quantitative estimate of drug-likeness (QED) is 0.120. The van der Waals surface area contributed by atoms with E-state index in [-0.39, 0.29) is 18.1 Å². The molecular formula is C50H52N10O5. The van der Waals surface area contributed by atoms with Crippen LogP contribution in [-0.2, 0) is 40.2 Å². The number of benzene rings is 2. The predicted molar refractivity (Wildman–Crippen MR) is 242 cm³/mol. The van der Waals surface area contributed by atoms with Crippen LogP contribution < -0.4 is 14.8 Å². The normalized spacial score (nSPS) is 14.0. The second-order valence-electron chi connectivity index (χ2n) is 15.8. The summed E-state index contributed by atoms with van der Waals surface area (Å²) < 4.78 is 22.9. The molecule has 0 aliphatic carbocycles. The highest BCUT2D eigenvalue weighted by molar-refractivity contribution is 5.72. The number of nitrogens with one attached hydrogen (secondary N) is 1. The highest BCUT2D eigenvalue weighted by Gasteiger charge is 2.19. The van der Waals surface area contributed by atoms with Crippen LogP contribution in [0.15, 0.2) is 97.6 Å². The Bertz CT molecular complexity index is 2600. The van der Waals surface area contributed by atoms with E-state index in [0.717, 1.165) is 77.3 Å². The lowest BCUT2D eigenvalue weighted by molar-refractivity contribution is -0.128. The molecule has 0 spiro atoms. The number of rotatable bonds is 14. The number of ether oxygens (including phenoxy) is 4. The van der Waals surface area contributed by atoms with Gasteiger partial charge in [0.15, 0.2) is 0 Å². The average Bonchev–Trinajstić information content (AvgIpc) is 3.34. The van der Waals surface area contributed by atoms with Gasteiger partial charge in [-0.2, -0.15) is 10.5 Å². The van der Waals surface area contributed by atoms with Gasteiger partial charge in [-0.15, -0.1) is 0 Å². The van der Waals surface area contributed by atoms with Crippen molar-refractivity contribution in [1.29, 1.82) is 10.5 Å². The number of nitriles is 2. The lowest BCUT2D eigenvalue weighted by Gasteiger charge is -2.23. The highest BCUT2D eigenvalue weighted by atomic mass is 16.5. The van der Waals surface area contributed by atoms with E-state index in [2.05, 4.69) is 37.4 Å². The lowest BCUT2D eigenvalue weighted by Crippen LogP contribution is -2.26. The van der Waals surface area contributed by atoms with Gasteiger partial charge in [0, 0.05) is 95.0 Å². The van der Waals surface area contributed by atoms with Gasteiger partial charge in [-0.05, 0) is 78.8 Å². The minimum absolute atomic E-state index is 0.00108. The van der Waals surface area contributed by atoms with E-state index >= 15 is 0 Å².